The molecule has 1 aromatic carbocycles. The molecular weight excluding hydrogens is 331 g/mol. The molecule has 0 aliphatic carbocycles. The topological polar surface area (TPSA) is 29.5 Å². The molecule has 0 N–H and O–H groups in total. The minimum absolute atomic E-state index is 0.135. The van der Waals surface area contributed by atoms with Crippen LogP contribution in [0.25, 0.3) is 0 Å². The number of carbonyl (C=O) groups excluding carboxylic acids is 1. The Morgan fingerprint density at radius 1 is 1.30 bits per heavy atom. The molecule has 23 heavy (non-hydrogen) atoms. The van der Waals surface area contributed by atoms with Gasteiger partial charge >= 0.3 is 6.18 Å². The summed E-state index contributed by atoms with van der Waals surface area (Å²) in [6, 6.07) is 6.26. The van der Waals surface area contributed by atoms with E-state index in [1.807, 2.05) is 0 Å². The van der Waals surface area contributed by atoms with Gasteiger partial charge in [-0.15, -0.1) is 0 Å². The molecule has 0 fully saturated rings. The van der Waals surface area contributed by atoms with Gasteiger partial charge in [0.15, 0.2) is 0 Å². The van der Waals surface area contributed by atoms with Crippen molar-refractivity contribution in [3.8, 4) is 5.75 Å². The molecular formula is C16H17ClF3NO2. The molecule has 2 atom stereocenters. The molecule has 2 unspecified atom stereocenters. The first-order valence-electron chi connectivity index (χ1n) is 7.18. The van der Waals surface area contributed by atoms with Crippen LogP contribution in [0.15, 0.2) is 36.1 Å². The standard InChI is InChI=1S/C16H17ClF3NO2/c1-10(16(18,19)20)7-11(2)21-9-12(8-15(21)22)23-14-6-4-3-5-13(14)17/h3-6,8,10-11H,7,9H2,1-2H3. The first-order chi connectivity index (χ1) is 10.7. The maximum atomic E-state index is 12.6. The highest BCUT2D eigenvalue weighted by atomic mass is 35.5. The third kappa shape index (κ3) is 4.41. The number of rotatable bonds is 5. The molecule has 126 valence electrons. The van der Waals surface area contributed by atoms with E-state index in [0.717, 1.165) is 6.92 Å². The second kappa shape index (κ2) is 6.83. The minimum atomic E-state index is -4.26. The number of hydrogen-bond acceptors (Lipinski definition) is 2. The lowest BCUT2D eigenvalue weighted by molar-refractivity contribution is -0.174. The van der Waals surface area contributed by atoms with E-state index < -0.39 is 18.1 Å². The average molecular weight is 348 g/mol. The molecule has 0 radical (unpaired) electrons. The van der Waals surface area contributed by atoms with Crippen LogP contribution in [0.1, 0.15) is 20.3 Å². The summed E-state index contributed by atoms with van der Waals surface area (Å²) >= 11 is 5.98. The van der Waals surface area contributed by atoms with Crippen molar-refractivity contribution in [2.75, 3.05) is 6.54 Å². The van der Waals surface area contributed by atoms with Gasteiger partial charge in [0.1, 0.15) is 11.5 Å². The molecule has 0 saturated heterocycles. The lowest BCUT2D eigenvalue weighted by Gasteiger charge is -2.28. The van der Waals surface area contributed by atoms with Crippen molar-refractivity contribution >= 4 is 17.5 Å². The zero-order chi connectivity index (χ0) is 17.2. The van der Waals surface area contributed by atoms with Gasteiger partial charge in [0.2, 0.25) is 0 Å². The monoisotopic (exact) mass is 347 g/mol. The highest BCUT2D eigenvalue weighted by molar-refractivity contribution is 6.32. The number of benzene rings is 1. The number of carbonyl (C=O) groups is 1. The Hall–Kier alpha value is -1.69. The molecule has 1 amide bonds. The smallest absolute Gasteiger partial charge is 0.391 e. The summed E-state index contributed by atoms with van der Waals surface area (Å²) in [5, 5.41) is 0.401. The molecule has 7 heteroatoms. The molecule has 0 saturated carbocycles. The van der Waals surface area contributed by atoms with Crippen LogP contribution >= 0.6 is 11.6 Å². The van der Waals surface area contributed by atoms with Crippen molar-refractivity contribution in [3.63, 3.8) is 0 Å². The highest BCUT2D eigenvalue weighted by Gasteiger charge is 2.38. The van der Waals surface area contributed by atoms with Crippen molar-refractivity contribution in [1.82, 2.24) is 4.90 Å². The maximum absolute atomic E-state index is 12.6. The fourth-order valence-electron chi connectivity index (χ4n) is 2.39. The molecule has 2 rings (SSSR count). The van der Waals surface area contributed by atoms with E-state index in [4.69, 9.17) is 16.3 Å². The average Bonchev–Trinajstić information content (AvgIpc) is 2.81. The molecule has 0 aromatic heterocycles. The number of halogens is 4. The zero-order valence-electron chi connectivity index (χ0n) is 12.7. The van der Waals surface area contributed by atoms with Crippen molar-refractivity contribution in [2.24, 2.45) is 5.92 Å². The summed E-state index contributed by atoms with van der Waals surface area (Å²) in [5.41, 5.74) is 0. The second-order valence-corrected chi connectivity index (χ2v) is 6.04. The van der Waals surface area contributed by atoms with E-state index in [1.54, 1.807) is 31.2 Å². The number of amides is 1. The number of ether oxygens (including phenoxy) is 1. The van der Waals surface area contributed by atoms with E-state index >= 15 is 0 Å². The predicted octanol–water partition coefficient (Wildman–Crippen LogP) is 4.42. The van der Waals surface area contributed by atoms with E-state index in [-0.39, 0.29) is 18.9 Å². The Kier molecular flexibility index (Phi) is 5.24. The minimum Gasteiger partial charge on any atom is -0.458 e. The number of hydrogen-bond donors (Lipinski definition) is 0. The largest absolute Gasteiger partial charge is 0.458 e. The summed E-state index contributed by atoms with van der Waals surface area (Å²) in [6.07, 6.45) is -3.12. The van der Waals surface area contributed by atoms with Gasteiger partial charge in [-0.25, -0.2) is 0 Å². The Balaban J connectivity index is 1.98. The lowest BCUT2D eigenvalue weighted by Crippen LogP contribution is -2.38. The van der Waals surface area contributed by atoms with Crippen LogP contribution in [0, 0.1) is 5.92 Å². The van der Waals surface area contributed by atoms with Gasteiger partial charge in [-0.3, -0.25) is 4.79 Å². The Bertz CT molecular complexity index is 616. The van der Waals surface area contributed by atoms with Crippen LogP contribution < -0.4 is 4.74 Å². The van der Waals surface area contributed by atoms with Gasteiger partial charge in [0.25, 0.3) is 5.91 Å². The third-order valence-electron chi connectivity index (χ3n) is 3.76. The molecule has 0 spiro atoms. The number of nitrogens with zero attached hydrogens (tertiary/aromatic N) is 1. The van der Waals surface area contributed by atoms with E-state index in [0.29, 0.717) is 16.5 Å². The highest BCUT2D eigenvalue weighted by Crippen LogP contribution is 2.32. The van der Waals surface area contributed by atoms with Crippen LogP contribution in [-0.2, 0) is 4.79 Å². The molecule has 1 heterocycles. The fraction of sp³-hybridized carbons (Fsp3) is 0.438. The van der Waals surface area contributed by atoms with Crippen LogP contribution in [0.5, 0.6) is 5.75 Å². The van der Waals surface area contributed by atoms with Gasteiger partial charge in [0, 0.05) is 12.1 Å². The van der Waals surface area contributed by atoms with Gasteiger partial charge in [-0.05, 0) is 25.5 Å². The molecule has 3 nitrogen and oxygen atoms in total. The summed E-state index contributed by atoms with van der Waals surface area (Å²) in [4.78, 5) is 13.4. The molecule has 1 aliphatic rings. The lowest BCUT2D eigenvalue weighted by atomic mass is 10.0. The summed E-state index contributed by atoms with van der Waals surface area (Å²) in [7, 11) is 0. The summed E-state index contributed by atoms with van der Waals surface area (Å²) in [6.45, 7) is 2.86. The predicted molar refractivity (Wildman–Crippen MR) is 81.2 cm³/mol. The van der Waals surface area contributed by atoms with Gasteiger partial charge < -0.3 is 9.64 Å². The molecule has 0 bridgehead atoms. The van der Waals surface area contributed by atoms with Crippen LogP contribution in [0.3, 0.4) is 0 Å². The van der Waals surface area contributed by atoms with Crippen LogP contribution in [0.4, 0.5) is 13.2 Å². The zero-order valence-corrected chi connectivity index (χ0v) is 13.5. The Morgan fingerprint density at radius 2 is 1.96 bits per heavy atom. The van der Waals surface area contributed by atoms with Gasteiger partial charge in [0.05, 0.1) is 17.5 Å². The summed E-state index contributed by atoms with van der Waals surface area (Å²) < 4.78 is 43.5. The third-order valence-corrected chi connectivity index (χ3v) is 4.07. The molecule has 1 aliphatic heterocycles. The van der Waals surface area contributed by atoms with Crippen molar-refractivity contribution in [1.29, 1.82) is 0 Å². The van der Waals surface area contributed by atoms with Gasteiger partial charge in [-0.2, -0.15) is 13.2 Å². The normalized spacial score (nSPS) is 17.9. The van der Waals surface area contributed by atoms with E-state index in [9.17, 15) is 18.0 Å². The van der Waals surface area contributed by atoms with Crippen molar-refractivity contribution in [2.45, 2.75) is 32.5 Å². The fourth-order valence-corrected chi connectivity index (χ4v) is 2.56. The van der Waals surface area contributed by atoms with Crippen LogP contribution in [-0.4, -0.2) is 29.6 Å². The number of alkyl halides is 3. The van der Waals surface area contributed by atoms with E-state index in [1.165, 1.54) is 11.0 Å². The first-order valence-corrected chi connectivity index (χ1v) is 7.56. The Morgan fingerprint density at radius 3 is 2.57 bits per heavy atom. The quantitative estimate of drug-likeness (QED) is 0.789. The number of para-hydroxylation sites is 1. The molecule has 1 aromatic rings. The second-order valence-electron chi connectivity index (χ2n) is 5.64. The van der Waals surface area contributed by atoms with Crippen molar-refractivity contribution < 1.29 is 22.7 Å². The van der Waals surface area contributed by atoms with E-state index in [2.05, 4.69) is 0 Å². The maximum Gasteiger partial charge on any atom is 0.391 e. The SMILES string of the molecule is CC(CC(C)C(F)(F)F)N1CC(Oc2ccccc2Cl)=CC1=O. The van der Waals surface area contributed by atoms with Gasteiger partial charge in [-0.1, -0.05) is 30.7 Å². The van der Waals surface area contributed by atoms with Crippen LogP contribution in [0.2, 0.25) is 5.02 Å². The summed E-state index contributed by atoms with van der Waals surface area (Å²) in [5.74, 6) is -1.05. The Labute approximate surface area is 137 Å². The van der Waals surface area contributed by atoms with Crippen molar-refractivity contribution in [3.05, 3.63) is 41.1 Å². The first kappa shape index (κ1) is 17.7.